The lowest BCUT2D eigenvalue weighted by Crippen LogP contribution is -2.36. The fourth-order valence-corrected chi connectivity index (χ4v) is 4.56. The van der Waals surface area contributed by atoms with Crippen LogP contribution in [0.15, 0.2) is 30.3 Å². The van der Waals surface area contributed by atoms with E-state index in [0.29, 0.717) is 28.1 Å². The van der Waals surface area contributed by atoms with Gasteiger partial charge in [-0.1, -0.05) is 38.3 Å². The molecule has 0 bridgehead atoms. The molecule has 1 saturated heterocycles. The van der Waals surface area contributed by atoms with Crippen molar-refractivity contribution >= 4 is 29.1 Å². The number of rotatable bonds is 11. The number of aryl methyl sites for hydroxylation is 1. The molecule has 8 heteroatoms. The number of alkyl halides is 1. The van der Waals surface area contributed by atoms with Crippen LogP contribution in [-0.2, 0) is 16.1 Å². The van der Waals surface area contributed by atoms with Gasteiger partial charge in [0.25, 0.3) is 0 Å². The number of amides is 1. The topological polar surface area (TPSA) is 76.1 Å². The van der Waals surface area contributed by atoms with E-state index >= 15 is 0 Å². The average molecular weight is 450 g/mol. The molecule has 0 radical (unpaired) electrons. The van der Waals surface area contributed by atoms with Crippen molar-refractivity contribution in [3.8, 4) is 0 Å². The minimum absolute atomic E-state index is 0.202. The van der Waals surface area contributed by atoms with Crippen LogP contribution in [0, 0.1) is 6.92 Å². The molecular weight excluding hydrogens is 421 g/mol. The molecule has 1 aromatic heterocycles. The number of carboxylic acid groups (broad SMARTS) is 1. The van der Waals surface area contributed by atoms with Crippen molar-refractivity contribution in [3.05, 3.63) is 51.2 Å². The number of ether oxygens (including phenoxy) is 2. The molecular formula is C23H28FNO5S. The fraction of sp³-hybridized carbons (Fsp3) is 0.478. The first-order valence-electron chi connectivity index (χ1n) is 10.5. The van der Waals surface area contributed by atoms with Gasteiger partial charge in [0.15, 0.2) is 0 Å². The second kappa shape index (κ2) is 10.7. The molecule has 6 nitrogen and oxygen atoms in total. The smallest absolute Gasteiger partial charge is 0.414 e. The number of nitrogens with zero attached hydrogens (tertiary/aromatic N) is 1. The van der Waals surface area contributed by atoms with Crippen molar-refractivity contribution in [2.45, 2.75) is 58.4 Å². The molecule has 168 valence electrons. The third-order valence-corrected chi connectivity index (χ3v) is 6.47. The number of halogens is 1. The summed E-state index contributed by atoms with van der Waals surface area (Å²) < 4.78 is 25.3. The van der Waals surface area contributed by atoms with Crippen LogP contribution >= 0.6 is 11.3 Å². The monoisotopic (exact) mass is 449 g/mol. The Morgan fingerprint density at radius 1 is 1.35 bits per heavy atom. The molecule has 1 aromatic carbocycles. The van der Waals surface area contributed by atoms with Crippen LogP contribution in [0.2, 0.25) is 0 Å². The van der Waals surface area contributed by atoms with Gasteiger partial charge in [0, 0.05) is 10.6 Å². The number of hydrogen-bond donors (Lipinski definition) is 1. The molecule has 0 saturated carbocycles. The number of carbonyl (C=O) groups is 2. The number of benzene rings is 1. The molecule has 1 aliphatic rings. The highest BCUT2D eigenvalue weighted by Gasteiger charge is 2.34. The van der Waals surface area contributed by atoms with Gasteiger partial charge in [-0.2, -0.15) is 0 Å². The van der Waals surface area contributed by atoms with Gasteiger partial charge in [-0.15, -0.1) is 11.3 Å². The second-order valence-electron chi connectivity index (χ2n) is 7.70. The third-order valence-electron chi connectivity index (χ3n) is 5.27. The largest absolute Gasteiger partial charge is 0.477 e. The molecule has 2 aromatic rings. The highest BCUT2D eigenvalue weighted by Crippen LogP contribution is 2.29. The van der Waals surface area contributed by atoms with E-state index in [1.165, 1.54) is 16.2 Å². The van der Waals surface area contributed by atoms with E-state index in [4.69, 9.17) is 14.6 Å². The predicted octanol–water partition coefficient (Wildman–Crippen LogP) is 5.89. The normalized spacial score (nSPS) is 17.1. The number of cyclic esters (lactones) is 1. The average Bonchev–Trinajstić information content (AvgIpc) is 3.30. The summed E-state index contributed by atoms with van der Waals surface area (Å²) in [4.78, 5) is 26.1. The number of anilines is 1. The summed E-state index contributed by atoms with van der Waals surface area (Å²) in [5, 5.41) is 9.16. The van der Waals surface area contributed by atoms with Crippen LogP contribution in [0.1, 0.15) is 64.5 Å². The van der Waals surface area contributed by atoms with Gasteiger partial charge in [-0.25, -0.2) is 14.0 Å². The summed E-state index contributed by atoms with van der Waals surface area (Å²) in [6.45, 7) is 4.55. The van der Waals surface area contributed by atoms with E-state index in [9.17, 15) is 14.0 Å². The lowest BCUT2D eigenvalue weighted by molar-refractivity contribution is 0.0701. The number of carbonyl (C=O) groups excluding carboxylic acids is 1. The van der Waals surface area contributed by atoms with E-state index in [1.807, 2.05) is 0 Å². The van der Waals surface area contributed by atoms with Gasteiger partial charge >= 0.3 is 12.1 Å². The molecule has 0 spiro atoms. The minimum Gasteiger partial charge on any atom is -0.477 e. The summed E-state index contributed by atoms with van der Waals surface area (Å²) in [6, 6.07) is 8.42. The number of carboxylic acids is 1. The molecule has 1 fully saturated rings. The standard InChI is InChI=1S/C23H28FNO5S/c1-3-4-5-6-20(24)16-7-9-17(10-8-16)25-18(13-30-23(25)28)12-29-14-19-11-15(2)21(31-19)22(26)27/h7-11,18,20H,3-6,12-14H2,1-2H3,(H,26,27). The number of aromatic carboxylic acids is 1. The molecule has 1 amide bonds. The highest BCUT2D eigenvalue weighted by molar-refractivity contribution is 7.14. The Balaban J connectivity index is 1.58. The number of thiophene rings is 1. The molecule has 2 heterocycles. The SMILES string of the molecule is CCCCCC(F)c1ccc(N2C(=O)OCC2COCc2cc(C)c(C(=O)O)s2)cc1. The van der Waals surface area contributed by atoms with E-state index in [0.717, 1.165) is 24.1 Å². The van der Waals surface area contributed by atoms with Gasteiger partial charge < -0.3 is 14.6 Å². The number of hydrogen-bond acceptors (Lipinski definition) is 5. The van der Waals surface area contributed by atoms with Crippen molar-refractivity contribution in [2.24, 2.45) is 0 Å². The lowest BCUT2D eigenvalue weighted by Gasteiger charge is -2.22. The Kier molecular flexibility index (Phi) is 8.03. The van der Waals surface area contributed by atoms with E-state index in [1.54, 1.807) is 37.3 Å². The summed E-state index contributed by atoms with van der Waals surface area (Å²) in [7, 11) is 0. The maximum Gasteiger partial charge on any atom is 0.414 e. The van der Waals surface area contributed by atoms with Crippen LogP contribution in [0.4, 0.5) is 14.9 Å². The first-order chi connectivity index (χ1) is 14.9. The first-order valence-corrected chi connectivity index (χ1v) is 11.3. The van der Waals surface area contributed by atoms with Crippen molar-refractivity contribution < 1.29 is 28.6 Å². The summed E-state index contributed by atoms with van der Waals surface area (Å²) in [6.07, 6.45) is 1.97. The van der Waals surface area contributed by atoms with Crippen molar-refractivity contribution in [2.75, 3.05) is 18.1 Å². The van der Waals surface area contributed by atoms with E-state index in [-0.39, 0.29) is 25.9 Å². The van der Waals surface area contributed by atoms with Crippen LogP contribution in [0.25, 0.3) is 0 Å². The van der Waals surface area contributed by atoms with Crippen molar-refractivity contribution in [1.29, 1.82) is 0 Å². The Labute approximate surface area is 185 Å². The summed E-state index contributed by atoms with van der Waals surface area (Å²) in [5.41, 5.74) is 1.96. The van der Waals surface area contributed by atoms with Crippen LogP contribution in [0.3, 0.4) is 0 Å². The molecule has 2 unspecified atom stereocenters. The molecule has 1 aliphatic heterocycles. The lowest BCUT2D eigenvalue weighted by atomic mass is 10.0. The minimum atomic E-state index is -1.00. The maximum absolute atomic E-state index is 14.4. The Morgan fingerprint density at radius 2 is 2.10 bits per heavy atom. The highest BCUT2D eigenvalue weighted by atomic mass is 32.1. The summed E-state index contributed by atoms with van der Waals surface area (Å²) >= 11 is 1.19. The molecule has 2 atom stereocenters. The Bertz CT molecular complexity index is 898. The van der Waals surface area contributed by atoms with Gasteiger partial charge in [-0.05, 0) is 42.7 Å². The zero-order valence-corrected chi connectivity index (χ0v) is 18.6. The third kappa shape index (κ3) is 5.83. The van der Waals surface area contributed by atoms with E-state index in [2.05, 4.69) is 6.92 Å². The fourth-order valence-electron chi connectivity index (χ4n) is 3.61. The van der Waals surface area contributed by atoms with Gasteiger partial charge in [-0.3, -0.25) is 4.90 Å². The van der Waals surface area contributed by atoms with Crippen LogP contribution in [-0.4, -0.2) is 36.4 Å². The van der Waals surface area contributed by atoms with Gasteiger partial charge in [0.1, 0.15) is 17.7 Å². The van der Waals surface area contributed by atoms with Crippen molar-refractivity contribution in [3.63, 3.8) is 0 Å². The Hall–Kier alpha value is -2.45. The molecule has 0 aliphatic carbocycles. The van der Waals surface area contributed by atoms with Gasteiger partial charge in [0.05, 0.1) is 19.3 Å². The van der Waals surface area contributed by atoms with Gasteiger partial charge in [0.2, 0.25) is 0 Å². The molecule has 3 rings (SSSR count). The Morgan fingerprint density at radius 3 is 2.74 bits per heavy atom. The number of unbranched alkanes of at least 4 members (excludes halogenated alkanes) is 2. The zero-order chi connectivity index (χ0) is 22.4. The maximum atomic E-state index is 14.4. The van der Waals surface area contributed by atoms with Crippen molar-refractivity contribution in [1.82, 2.24) is 0 Å². The van der Waals surface area contributed by atoms with Crippen LogP contribution < -0.4 is 4.90 Å². The predicted molar refractivity (Wildman–Crippen MR) is 118 cm³/mol. The summed E-state index contributed by atoms with van der Waals surface area (Å²) in [5.74, 6) is -0.945. The molecule has 1 N–H and O–H groups in total. The zero-order valence-electron chi connectivity index (χ0n) is 17.8. The first kappa shape index (κ1) is 23.2. The molecule has 31 heavy (non-hydrogen) atoms. The second-order valence-corrected chi connectivity index (χ2v) is 8.84. The quantitative estimate of drug-likeness (QED) is 0.433. The van der Waals surface area contributed by atoms with E-state index < -0.39 is 18.2 Å². The van der Waals surface area contributed by atoms with Crippen LogP contribution in [0.5, 0.6) is 0 Å².